The minimum atomic E-state index is -1.54. The molecule has 2 rings (SSSR count). The first-order chi connectivity index (χ1) is 16.8. The number of rotatable bonds is 9. The lowest BCUT2D eigenvalue weighted by Crippen LogP contribution is -2.65. The van der Waals surface area contributed by atoms with Crippen LogP contribution in [0.3, 0.4) is 0 Å². The number of carbonyl (C=O) groups is 3. The summed E-state index contributed by atoms with van der Waals surface area (Å²) in [6, 6.07) is 6.33. The van der Waals surface area contributed by atoms with Gasteiger partial charge in [-0.15, -0.1) is 0 Å². The van der Waals surface area contributed by atoms with Gasteiger partial charge in [-0.3, -0.25) is 4.79 Å². The molecule has 1 aliphatic heterocycles. The van der Waals surface area contributed by atoms with Crippen molar-refractivity contribution in [1.82, 2.24) is 10.6 Å². The van der Waals surface area contributed by atoms with Gasteiger partial charge in [0.15, 0.2) is 12.3 Å². The molecule has 0 radical (unpaired) electrons. The van der Waals surface area contributed by atoms with Crippen LogP contribution in [0.2, 0.25) is 0 Å². The van der Waals surface area contributed by atoms with Crippen molar-refractivity contribution in [2.24, 2.45) is 0 Å². The topological polar surface area (TPSA) is 173 Å². The number of hydrogen-bond donors (Lipinski definition) is 5. The average molecular weight is 513 g/mol. The van der Waals surface area contributed by atoms with E-state index in [1.807, 2.05) is 6.07 Å². The van der Waals surface area contributed by atoms with E-state index in [2.05, 4.69) is 10.6 Å². The fourth-order valence-electron chi connectivity index (χ4n) is 3.50. The van der Waals surface area contributed by atoms with Gasteiger partial charge in [0, 0.05) is 6.92 Å². The molecule has 1 aromatic carbocycles. The van der Waals surface area contributed by atoms with Crippen LogP contribution < -0.4 is 10.6 Å². The number of aliphatic hydroxyl groups is 3. The largest absolute Gasteiger partial charge is 0.458 e. The molecule has 202 valence electrons. The highest BCUT2D eigenvalue weighted by molar-refractivity contribution is 5.82. The lowest BCUT2D eigenvalue weighted by Gasteiger charge is -2.43. The number of nitrogens with one attached hydrogen (secondary N) is 2. The van der Waals surface area contributed by atoms with Gasteiger partial charge in [-0.05, 0) is 33.3 Å². The highest BCUT2D eigenvalue weighted by atomic mass is 16.7. The second-order valence-electron chi connectivity index (χ2n) is 9.49. The van der Waals surface area contributed by atoms with Crippen molar-refractivity contribution in [1.29, 1.82) is 0 Å². The molecule has 12 heteroatoms. The predicted molar refractivity (Wildman–Crippen MR) is 125 cm³/mol. The third-order valence-corrected chi connectivity index (χ3v) is 5.22. The summed E-state index contributed by atoms with van der Waals surface area (Å²) >= 11 is 0. The quantitative estimate of drug-likeness (QED) is 0.283. The molecule has 2 amide bonds. The van der Waals surface area contributed by atoms with E-state index < -0.39 is 73.0 Å². The first kappa shape index (κ1) is 29.5. The Morgan fingerprint density at radius 2 is 1.75 bits per heavy atom. The summed E-state index contributed by atoms with van der Waals surface area (Å²) in [5.74, 6) is -1.36. The third kappa shape index (κ3) is 8.71. The summed E-state index contributed by atoms with van der Waals surface area (Å²) in [5, 5.41) is 35.0. The number of aliphatic hydroxyl groups excluding tert-OH is 3. The smallest absolute Gasteiger partial charge is 0.408 e. The maximum Gasteiger partial charge on any atom is 0.408 e. The Morgan fingerprint density at radius 1 is 1.11 bits per heavy atom. The van der Waals surface area contributed by atoms with Gasteiger partial charge in [0.05, 0.1) is 12.7 Å². The monoisotopic (exact) mass is 512 g/mol. The van der Waals surface area contributed by atoms with Gasteiger partial charge in [-0.25, -0.2) is 9.59 Å². The van der Waals surface area contributed by atoms with Gasteiger partial charge in [-0.1, -0.05) is 30.3 Å². The highest BCUT2D eigenvalue weighted by Crippen LogP contribution is 2.24. The molecule has 1 saturated heterocycles. The molecule has 7 atom stereocenters. The number of alkyl carbamates (subject to hydrolysis) is 1. The number of ether oxygens (including phenoxy) is 4. The Bertz CT molecular complexity index is 875. The molecule has 0 spiro atoms. The van der Waals surface area contributed by atoms with Crippen molar-refractivity contribution in [3.63, 3.8) is 0 Å². The van der Waals surface area contributed by atoms with Gasteiger partial charge in [0.1, 0.15) is 36.6 Å². The molecular formula is C24H36N2O10. The Balaban J connectivity index is 2.19. The van der Waals surface area contributed by atoms with E-state index in [4.69, 9.17) is 18.9 Å². The Labute approximate surface area is 209 Å². The molecule has 0 aromatic heterocycles. The van der Waals surface area contributed by atoms with Gasteiger partial charge < -0.3 is 44.9 Å². The second-order valence-corrected chi connectivity index (χ2v) is 9.49. The van der Waals surface area contributed by atoms with Crippen molar-refractivity contribution in [3.05, 3.63) is 35.9 Å². The van der Waals surface area contributed by atoms with E-state index in [-0.39, 0.29) is 6.61 Å². The molecule has 12 nitrogen and oxygen atoms in total. The van der Waals surface area contributed by atoms with E-state index in [1.54, 1.807) is 45.0 Å². The Kier molecular flexibility index (Phi) is 10.6. The zero-order chi connectivity index (χ0) is 27.0. The van der Waals surface area contributed by atoms with Crippen LogP contribution in [0, 0.1) is 0 Å². The summed E-state index contributed by atoms with van der Waals surface area (Å²) in [6.45, 7) is 6.93. The molecule has 1 aliphatic rings. The molecule has 5 N–H and O–H groups in total. The van der Waals surface area contributed by atoms with Crippen LogP contribution in [0.25, 0.3) is 0 Å². The van der Waals surface area contributed by atoms with Crippen LogP contribution in [0.15, 0.2) is 30.3 Å². The maximum atomic E-state index is 12.9. The van der Waals surface area contributed by atoms with Crippen molar-refractivity contribution in [2.75, 3.05) is 6.61 Å². The third-order valence-electron chi connectivity index (χ3n) is 5.22. The van der Waals surface area contributed by atoms with Gasteiger partial charge in [0.2, 0.25) is 5.91 Å². The number of hydrogen-bond acceptors (Lipinski definition) is 10. The lowest BCUT2D eigenvalue weighted by molar-refractivity contribution is -0.282. The van der Waals surface area contributed by atoms with Gasteiger partial charge in [0.25, 0.3) is 0 Å². The second kappa shape index (κ2) is 13.0. The van der Waals surface area contributed by atoms with Crippen LogP contribution in [0.4, 0.5) is 4.79 Å². The van der Waals surface area contributed by atoms with Crippen molar-refractivity contribution in [3.8, 4) is 0 Å². The minimum absolute atomic E-state index is 0.0401. The molecule has 36 heavy (non-hydrogen) atoms. The number of benzene rings is 1. The maximum absolute atomic E-state index is 12.9. The zero-order valence-electron chi connectivity index (χ0n) is 21.0. The molecular weight excluding hydrogens is 476 g/mol. The van der Waals surface area contributed by atoms with Crippen LogP contribution in [0.5, 0.6) is 0 Å². The van der Waals surface area contributed by atoms with E-state index in [0.717, 1.165) is 5.56 Å². The van der Waals surface area contributed by atoms with Crippen molar-refractivity contribution < 1.29 is 48.7 Å². The van der Waals surface area contributed by atoms with E-state index in [0.29, 0.717) is 0 Å². The summed E-state index contributed by atoms with van der Waals surface area (Å²) in [4.78, 5) is 37.1. The summed E-state index contributed by atoms with van der Waals surface area (Å²) in [5.41, 5.74) is -0.144. The Morgan fingerprint density at radius 3 is 2.31 bits per heavy atom. The molecule has 1 aromatic rings. The van der Waals surface area contributed by atoms with Crippen LogP contribution >= 0.6 is 0 Å². The first-order valence-electron chi connectivity index (χ1n) is 11.6. The average Bonchev–Trinajstić information content (AvgIpc) is 2.80. The van der Waals surface area contributed by atoms with E-state index >= 15 is 0 Å². The summed E-state index contributed by atoms with van der Waals surface area (Å²) in [7, 11) is 0. The highest BCUT2D eigenvalue weighted by Gasteiger charge is 2.47. The number of amides is 2. The minimum Gasteiger partial charge on any atom is -0.458 e. The van der Waals surface area contributed by atoms with Crippen molar-refractivity contribution in [2.45, 2.75) is 89.6 Å². The molecule has 0 bridgehead atoms. The Hall–Kier alpha value is -2.77. The first-order valence-corrected chi connectivity index (χ1v) is 11.6. The fourth-order valence-corrected chi connectivity index (χ4v) is 3.50. The normalized spacial score (nSPS) is 25.8. The van der Waals surface area contributed by atoms with E-state index in [9.17, 15) is 29.7 Å². The molecule has 0 aliphatic carbocycles. The fraction of sp³-hybridized carbons (Fsp3) is 0.625. The van der Waals surface area contributed by atoms with E-state index in [1.165, 1.54) is 13.8 Å². The SMILES string of the molecule is CC(=O)N[C@H]1[C@@H](O[C@H](C)[C@H](NC(=O)OCc2ccccc2)C(=O)OC(C)(C)C)O[C@H](CO)[C@H](O)[C@@H]1O. The van der Waals surface area contributed by atoms with Crippen LogP contribution in [-0.4, -0.2) is 88.3 Å². The number of carbonyl (C=O) groups excluding carboxylic acids is 3. The lowest BCUT2D eigenvalue weighted by atomic mass is 9.96. The molecule has 0 unspecified atom stereocenters. The van der Waals surface area contributed by atoms with Crippen LogP contribution in [-0.2, 0) is 35.1 Å². The summed E-state index contributed by atoms with van der Waals surface area (Å²) < 4.78 is 22.0. The van der Waals surface area contributed by atoms with Gasteiger partial charge >= 0.3 is 12.1 Å². The van der Waals surface area contributed by atoms with Gasteiger partial charge in [-0.2, -0.15) is 0 Å². The standard InChI is InChI=1S/C24H36N2O10/c1-13(34-22-18(25-14(2)28)20(30)19(29)16(11-27)35-22)17(21(31)36-24(3,4)5)26-23(32)33-12-15-9-7-6-8-10-15/h6-10,13,16-20,22,27,29-30H,11-12H2,1-5H3,(H,25,28)(H,26,32)/t13-,16-,17+,18-,19+,20-,22+/m1/s1. The van der Waals surface area contributed by atoms with Crippen LogP contribution in [0.1, 0.15) is 40.2 Å². The summed E-state index contributed by atoms with van der Waals surface area (Å²) in [6.07, 6.45) is -7.67. The molecule has 1 heterocycles. The zero-order valence-corrected chi connectivity index (χ0v) is 21.0. The molecule has 0 saturated carbocycles. The molecule has 1 fully saturated rings. The predicted octanol–water partition coefficient (Wildman–Crippen LogP) is -0.0281. The van der Waals surface area contributed by atoms with Crippen molar-refractivity contribution >= 4 is 18.0 Å². The number of esters is 1.